The number of rotatable bonds is 5. The van der Waals surface area contributed by atoms with E-state index < -0.39 is 0 Å². The number of fused-ring (bicyclic) bond motifs is 1. The minimum Gasteiger partial charge on any atom is -0.469 e. The molecule has 5 heteroatoms. The van der Waals surface area contributed by atoms with Crippen LogP contribution in [0, 0.1) is 0 Å². The van der Waals surface area contributed by atoms with Crippen LogP contribution in [0.1, 0.15) is 24.3 Å². The van der Waals surface area contributed by atoms with Crippen molar-refractivity contribution in [1.82, 2.24) is 19.9 Å². The molecule has 0 aliphatic rings. The summed E-state index contributed by atoms with van der Waals surface area (Å²) in [5, 5.41) is 7.83. The van der Waals surface area contributed by atoms with Gasteiger partial charge in [0.2, 0.25) is 0 Å². The second-order valence-electron chi connectivity index (χ2n) is 4.40. The number of aromatic nitrogens is 3. The summed E-state index contributed by atoms with van der Waals surface area (Å²) in [7, 11) is 0. The minimum absolute atomic E-state index is 0.179. The van der Waals surface area contributed by atoms with E-state index >= 15 is 0 Å². The number of nitrogens with zero attached hydrogens (tertiary/aromatic N) is 3. The lowest BCUT2D eigenvalue weighted by atomic mass is 10.0. The Morgan fingerprint density at radius 1 is 1.42 bits per heavy atom. The maximum atomic E-state index is 5.44. The summed E-state index contributed by atoms with van der Waals surface area (Å²) in [6, 6.07) is 4.09. The Bertz CT molecular complexity index is 644. The van der Waals surface area contributed by atoms with Gasteiger partial charge >= 0.3 is 0 Å². The van der Waals surface area contributed by atoms with Crippen LogP contribution in [0.5, 0.6) is 0 Å². The lowest BCUT2D eigenvalue weighted by molar-refractivity contribution is 0.456. The molecule has 0 aromatic carbocycles. The van der Waals surface area contributed by atoms with Gasteiger partial charge in [0.1, 0.15) is 5.76 Å². The third-order valence-electron chi connectivity index (χ3n) is 3.17. The van der Waals surface area contributed by atoms with Gasteiger partial charge in [0, 0.05) is 30.4 Å². The number of hydrogen-bond acceptors (Lipinski definition) is 4. The molecule has 0 aliphatic heterocycles. The van der Waals surface area contributed by atoms with Gasteiger partial charge in [-0.1, -0.05) is 6.92 Å². The summed E-state index contributed by atoms with van der Waals surface area (Å²) < 4.78 is 7.28. The van der Waals surface area contributed by atoms with Gasteiger partial charge in [0.05, 0.1) is 24.2 Å². The van der Waals surface area contributed by atoms with E-state index in [-0.39, 0.29) is 6.04 Å². The Morgan fingerprint density at radius 3 is 3.16 bits per heavy atom. The average molecular weight is 256 g/mol. The molecule has 0 saturated carbocycles. The largest absolute Gasteiger partial charge is 0.469 e. The van der Waals surface area contributed by atoms with Crippen molar-refractivity contribution >= 4 is 5.52 Å². The average Bonchev–Trinajstić information content (AvgIpc) is 3.07. The zero-order chi connectivity index (χ0) is 13.1. The van der Waals surface area contributed by atoms with Gasteiger partial charge in [-0.15, -0.1) is 0 Å². The molecule has 1 unspecified atom stereocenters. The van der Waals surface area contributed by atoms with E-state index in [0.29, 0.717) is 0 Å². The van der Waals surface area contributed by atoms with Crippen molar-refractivity contribution < 1.29 is 4.42 Å². The summed E-state index contributed by atoms with van der Waals surface area (Å²) >= 11 is 0. The van der Waals surface area contributed by atoms with Gasteiger partial charge < -0.3 is 9.73 Å². The Labute approximate surface area is 111 Å². The fourth-order valence-corrected chi connectivity index (χ4v) is 2.29. The van der Waals surface area contributed by atoms with Crippen LogP contribution in [-0.4, -0.2) is 21.1 Å². The normalized spacial score (nSPS) is 12.9. The fraction of sp³-hybridized carbons (Fsp3) is 0.286. The van der Waals surface area contributed by atoms with Crippen LogP contribution in [0.15, 0.2) is 47.6 Å². The molecule has 1 N–H and O–H groups in total. The van der Waals surface area contributed by atoms with Gasteiger partial charge in [-0.3, -0.25) is 4.98 Å². The summed E-state index contributed by atoms with van der Waals surface area (Å²) in [6.45, 7) is 2.99. The minimum atomic E-state index is 0.179. The SMILES string of the molecule is CCNC(Cc1ccco1)c1cnn2ccncc12. The molecule has 3 aromatic heterocycles. The lowest BCUT2D eigenvalue weighted by Crippen LogP contribution is -2.22. The molecule has 0 amide bonds. The van der Waals surface area contributed by atoms with Crippen LogP contribution >= 0.6 is 0 Å². The molecule has 1 atom stereocenters. The van der Waals surface area contributed by atoms with Gasteiger partial charge in [-0.05, 0) is 18.7 Å². The highest BCUT2D eigenvalue weighted by molar-refractivity contribution is 5.53. The van der Waals surface area contributed by atoms with Crippen LogP contribution in [0.4, 0.5) is 0 Å². The molecule has 3 heterocycles. The molecule has 19 heavy (non-hydrogen) atoms. The highest BCUT2D eigenvalue weighted by atomic mass is 16.3. The van der Waals surface area contributed by atoms with Gasteiger partial charge in [-0.25, -0.2) is 4.52 Å². The van der Waals surface area contributed by atoms with Crippen LogP contribution < -0.4 is 5.32 Å². The van der Waals surface area contributed by atoms with E-state index in [1.165, 1.54) is 0 Å². The van der Waals surface area contributed by atoms with E-state index in [1.54, 1.807) is 12.5 Å². The monoisotopic (exact) mass is 256 g/mol. The molecule has 0 radical (unpaired) electrons. The summed E-state index contributed by atoms with van der Waals surface area (Å²) in [5.74, 6) is 0.967. The van der Waals surface area contributed by atoms with E-state index in [2.05, 4.69) is 22.3 Å². The van der Waals surface area contributed by atoms with E-state index in [4.69, 9.17) is 4.42 Å². The zero-order valence-corrected chi connectivity index (χ0v) is 10.8. The highest BCUT2D eigenvalue weighted by Crippen LogP contribution is 2.22. The highest BCUT2D eigenvalue weighted by Gasteiger charge is 2.17. The number of likely N-dealkylation sites (N-methyl/N-ethyl adjacent to an activating group) is 1. The lowest BCUT2D eigenvalue weighted by Gasteiger charge is -2.15. The Balaban J connectivity index is 1.95. The first-order valence-electron chi connectivity index (χ1n) is 6.41. The van der Waals surface area contributed by atoms with Crippen LogP contribution in [0.2, 0.25) is 0 Å². The molecule has 3 aromatic rings. The molecule has 0 aliphatic carbocycles. The van der Waals surface area contributed by atoms with Gasteiger partial charge in [0.25, 0.3) is 0 Å². The maximum Gasteiger partial charge on any atom is 0.105 e. The number of hydrogen-bond donors (Lipinski definition) is 1. The molecule has 0 saturated heterocycles. The van der Waals surface area contributed by atoms with Crippen molar-refractivity contribution in [2.24, 2.45) is 0 Å². The quantitative estimate of drug-likeness (QED) is 0.760. The summed E-state index contributed by atoms with van der Waals surface area (Å²) in [6.07, 6.45) is 9.84. The summed E-state index contributed by atoms with van der Waals surface area (Å²) in [4.78, 5) is 4.17. The van der Waals surface area contributed by atoms with Crippen LogP contribution in [0.3, 0.4) is 0 Å². The fourth-order valence-electron chi connectivity index (χ4n) is 2.29. The van der Waals surface area contributed by atoms with E-state index in [1.807, 2.05) is 35.2 Å². The second-order valence-corrected chi connectivity index (χ2v) is 4.40. The Hall–Kier alpha value is -2.14. The topological polar surface area (TPSA) is 55.4 Å². The van der Waals surface area contributed by atoms with Crippen molar-refractivity contribution in [3.05, 3.63) is 54.5 Å². The molecule has 5 nitrogen and oxygen atoms in total. The second kappa shape index (κ2) is 5.24. The number of furan rings is 1. The number of nitrogens with one attached hydrogen (secondary N) is 1. The molecule has 0 fully saturated rings. The van der Waals surface area contributed by atoms with Crippen molar-refractivity contribution in [2.45, 2.75) is 19.4 Å². The van der Waals surface area contributed by atoms with Gasteiger partial charge in [-0.2, -0.15) is 5.10 Å². The predicted molar refractivity (Wildman–Crippen MR) is 71.8 cm³/mol. The smallest absolute Gasteiger partial charge is 0.105 e. The Kier molecular flexibility index (Phi) is 3.29. The Morgan fingerprint density at radius 2 is 2.37 bits per heavy atom. The van der Waals surface area contributed by atoms with Crippen molar-refractivity contribution in [2.75, 3.05) is 6.54 Å². The van der Waals surface area contributed by atoms with Crippen LogP contribution in [0.25, 0.3) is 5.52 Å². The molecular formula is C14H16N4O. The molecule has 98 valence electrons. The predicted octanol–water partition coefficient (Wildman–Crippen LogP) is 2.22. The first-order valence-corrected chi connectivity index (χ1v) is 6.41. The van der Waals surface area contributed by atoms with Crippen molar-refractivity contribution in [3.8, 4) is 0 Å². The zero-order valence-electron chi connectivity index (χ0n) is 10.8. The van der Waals surface area contributed by atoms with E-state index in [0.717, 1.165) is 29.8 Å². The van der Waals surface area contributed by atoms with Crippen molar-refractivity contribution in [3.63, 3.8) is 0 Å². The first kappa shape index (κ1) is 11.9. The third kappa shape index (κ3) is 2.37. The standard InChI is InChI=1S/C14H16N4O/c1-2-16-13(8-11-4-3-7-19-11)12-9-17-18-6-5-15-10-14(12)18/h3-7,9-10,13,16H,2,8H2,1H3. The molecule has 0 bridgehead atoms. The summed E-state index contributed by atoms with van der Waals surface area (Å²) in [5.41, 5.74) is 2.17. The molecule has 0 spiro atoms. The first-order chi connectivity index (χ1) is 9.38. The van der Waals surface area contributed by atoms with Crippen molar-refractivity contribution in [1.29, 1.82) is 0 Å². The van der Waals surface area contributed by atoms with Gasteiger partial charge in [0.15, 0.2) is 0 Å². The van der Waals surface area contributed by atoms with Crippen LogP contribution in [-0.2, 0) is 6.42 Å². The maximum absolute atomic E-state index is 5.44. The third-order valence-corrected chi connectivity index (χ3v) is 3.17. The van der Waals surface area contributed by atoms with E-state index in [9.17, 15) is 0 Å². The molecule has 3 rings (SSSR count). The molecular weight excluding hydrogens is 240 g/mol.